The molecule has 2 saturated heterocycles. The van der Waals surface area contributed by atoms with Crippen LogP contribution in [0.2, 0.25) is 0 Å². The molecule has 2 N–H and O–H groups in total. The molecule has 2 aliphatic rings. The van der Waals surface area contributed by atoms with E-state index in [2.05, 4.69) is 29.4 Å². The lowest BCUT2D eigenvalue weighted by molar-refractivity contribution is 0.0137. The van der Waals surface area contributed by atoms with Gasteiger partial charge in [0.1, 0.15) is 0 Å². The Morgan fingerprint density at radius 3 is 2.72 bits per heavy atom. The summed E-state index contributed by atoms with van der Waals surface area (Å²) in [6.07, 6.45) is 4.23. The van der Waals surface area contributed by atoms with Crippen molar-refractivity contribution in [2.75, 3.05) is 45.9 Å². The molecule has 0 saturated carbocycles. The number of piperazine rings is 1. The van der Waals surface area contributed by atoms with Gasteiger partial charge < -0.3 is 15.4 Å². The van der Waals surface area contributed by atoms with Crippen molar-refractivity contribution in [1.29, 1.82) is 0 Å². The van der Waals surface area contributed by atoms with E-state index in [-0.39, 0.29) is 5.54 Å². The van der Waals surface area contributed by atoms with Crippen molar-refractivity contribution in [3.63, 3.8) is 0 Å². The summed E-state index contributed by atoms with van der Waals surface area (Å²) in [6, 6.07) is 0. The summed E-state index contributed by atoms with van der Waals surface area (Å²) in [6.45, 7) is 12.3. The predicted molar refractivity (Wildman–Crippen MR) is 75.0 cm³/mol. The van der Waals surface area contributed by atoms with Gasteiger partial charge in [0.25, 0.3) is 0 Å². The van der Waals surface area contributed by atoms with Gasteiger partial charge in [0.2, 0.25) is 0 Å². The Bertz CT molecular complexity index is 233. The molecule has 0 radical (unpaired) electrons. The highest BCUT2D eigenvalue weighted by Crippen LogP contribution is 2.15. The molecule has 0 aromatic rings. The smallest absolute Gasteiger partial charge is 0.0699 e. The lowest BCUT2D eigenvalue weighted by atomic mass is 10.0. The normalized spacial score (nSPS) is 27.3. The molecule has 2 aliphatic heterocycles. The van der Waals surface area contributed by atoms with Gasteiger partial charge in [0.05, 0.1) is 6.10 Å². The van der Waals surface area contributed by atoms with E-state index in [0.717, 1.165) is 45.9 Å². The number of ether oxygens (including phenoxy) is 1. The topological polar surface area (TPSA) is 36.5 Å². The molecule has 106 valence electrons. The second kappa shape index (κ2) is 6.85. The highest BCUT2D eigenvalue weighted by molar-refractivity contribution is 4.87. The molecule has 0 bridgehead atoms. The Hall–Kier alpha value is -0.160. The molecule has 0 aromatic carbocycles. The molecule has 0 spiro atoms. The largest absolute Gasteiger partial charge is 0.377 e. The quantitative estimate of drug-likeness (QED) is 0.763. The maximum absolute atomic E-state index is 5.75. The number of hydrogen-bond acceptors (Lipinski definition) is 4. The molecule has 18 heavy (non-hydrogen) atoms. The Morgan fingerprint density at radius 1 is 1.28 bits per heavy atom. The van der Waals surface area contributed by atoms with Gasteiger partial charge in [-0.05, 0) is 33.1 Å². The van der Waals surface area contributed by atoms with Crippen molar-refractivity contribution in [2.45, 2.75) is 44.8 Å². The average Bonchev–Trinajstić information content (AvgIpc) is 2.41. The number of nitrogens with one attached hydrogen (secondary N) is 2. The first-order valence-corrected chi connectivity index (χ1v) is 7.46. The van der Waals surface area contributed by atoms with E-state index in [1.165, 1.54) is 19.3 Å². The summed E-state index contributed by atoms with van der Waals surface area (Å²) in [5.41, 5.74) is 0.247. The highest BCUT2D eigenvalue weighted by Gasteiger charge is 2.27. The lowest BCUT2D eigenvalue weighted by Crippen LogP contribution is -2.57. The van der Waals surface area contributed by atoms with Crippen LogP contribution in [0.15, 0.2) is 0 Å². The highest BCUT2D eigenvalue weighted by atomic mass is 16.5. The van der Waals surface area contributed by atoms with Crippen LogP contribution in [0.5, 0.6) is 0 Å². The van der Waals surface area contributed by atoms with Crippen molar-refractivity contribution in [2.24, 2.45) is 0 Å². The summed E-state index contributed by atoms with van der Waals surface area (Å²) >= 11 is 0. The van der Waals surface area contributed by atoms with Crippen molar-refractivity contribution < 1.29 is 4.74 Å². The van der Waals surface area contributed by atoms with Gasteiger partial charge in [-0.1, -0.05) is 0 Å². The molecule has 0 aliphatic carbocycles. The van der Waals surface area contributed by atoms with E-state index >= 15 is 0 Å². The van der Waals surface area contributed by atoms with Gasteiger partial charge in [0, 0.05) is 51.4 Å². The van der Waals surface area contributed by atoms with Crippen molar-refractivity contribution in [3.05, 3.63) is 0 Å². The van der Waals surface area contributed by atoms with Gasteiger partial charge in [-0.3, -0.25) is 4.90 Å². The zero-order valence-corrected chi connectivity index (χ0v) is 12.0. The molecule has 0 aromatic heterocycles. The molecule has 2 fully saturated rings. The van der Waals surface area contributed by atoms with E-state index in [1.807, 2.05) is 0 Å². The Balaban J connectivity index is 1.67. The average molecular weight is 255 g/mol. The lowest BCUT2D eigenvalue weighted by Gasteiger charge is -2.41. The van der Waals surface area contributed by atoms with E-state index in [4.69, 9.17) is 4.74 Å². The maximum atomic E-state index is 5.75. The maximum Gasteiger partial charge on any atom is 0.0699 e. The number of nitrogens with zero attached hydrogens (tertiary/aromatic N) is 1. The molecule has 4 nitrogen and oxygen atoms in total. The standard InChI is InChI=1S/C14H29N3O/c1-14(2,17-8-6-15-7-9-17)12-16-11-13-5-3-4-10-18-13/h13,15-16H,3-12H2,1-2H3. The predicted octanol–water partition coefficient (Wildman–Crippen LogP) is 0.829. The molecular formula is C14H29N3O. The van der Waals surface area contributed by atoms with E-state index in [0.29, 0.717) is 6.10 Å². The van der Waals surface area contributed by atoms with Gasteiger partial charge in [-0.15, -0.1) is 0 Å². The van der Waals surface area contributed by atoms with Gasteiger partial charge in [0.15, 0.2) is 0 Å². The zero-order valence-electron chi connectivity index (χ0n) is 12.0. The van der Waals surface area contributed by atoms with Crippen LogP contribution in [0.25, 0.3) is 0 Å². The molecule has 4 heteroatoms. The summed E-state index contributed by atoms with van der Waals surface area (Å²) < 4.78 is 5.75. The van der Waals surface area contributed by atoms with Crippen LogP contribution >= 0.6 is 0 Å². The monoisotopic (exact) mass is 255 g/mol. The third-order valence-corrected chi connectivity index (χ3v) is 4.18. The fourth-order valence-corrected chi connectivity index (χ4v) is 2.89. The fraction of sp³-hybridized carbons (Fsp3) is 1.00. The summed E-state index contributed by atoms with van der Waals surface area (Å²) in [5.74, 6) is 0. The first-order valence-electron chi connectivity index (χ1n) is 7.46. The minimum atomic E-state index is 0.247. The molecule has 1 unspecified atom stereocenters. The Kier molecular flexibility index (Phi) is 5.42. The first kappa shape index (κ1) is 14.3. The molecule has 2 rings (SSSR count). The molecule has 0 amide bonds. The minimum absolute atomic E-state index is 0.247. The summed E-state index contributed by atoms with van der Waals surface area (Å²) in [5, 5.41) is 7.02. The number of hydrogen-bond donors (Lipinski definition) is 2. The third-order valence-electron chi connectivity index (χ3n) is 4.18. The third kappa shape index (κ3) is 4.19. The second-order valence-electron chi connectivity index (χ2n) is 6.17. The molecule has 1 atom stereocenters. The van der Waals surface area contributed by atoms with Gasteiger partial charge in [-0.25, -0.2) is 0 Å². The van der Waals surface area contributed by atoms with E-state index < -0.39 is 0 Å². The second-order valence-corrected chi connectivity index (χ2v) is 6.17. The van der Waals surface area contributed by atoms with Crippen LogP contribution in [0.4, 0.5) is 0 Å². The molecule has 2 heterocycles. The minimum Gasteiger partial charge on any atom is -0.377 e. The zero-order chi connectivity index (χ0) is 12.8. The summed E-state index contributed by atoms with van der Waals surface area (Å²) in [7, 11) is 0. The summed E-state index contributed by atoms with van der Waals surface area (Å²) in [4.78, 5) is 2.58. The Labute approximate surface area is 111 Å². The van der Waals surface area contributed by atoms with Crippen molar-refractivity contribution in [1.82, 2.24) is 15.5 Å². The van der Waals surface area contributed by atoms with Crippen LogP contribution in [0.3, 0.4) is 0 Å². The van der Waals surface area contributed by atoms with Crippen molar-refractivity contribution >= 4 is 0 Å². The van der Waals surface area contributed by atoms with Crippen LogP contribution in [-0.2, 0) is 4.74 Å². The van der Waals surface area contributed by atoms with E-state index in [9.17, 15) is 0 Å². The van der Waals surface area contributed by atoms with Crippen LogP contribution in [0, 0.1) is 0 Å². The van der Waals surface area contributed by atoms with Crippen molar-refractivity contribution in [3.8, 4) is 0 Å². The Morgan fingerprint density at radius 2 is 2.06 bits per heavy atom. The van der Waals surface area contributed by atoms with Crippen LogP contribution in [-0.4, -0.2) is 62.4 Å². The molecular weight excluding hydrogens is 226 g/mol. The van der Waals surface area contributed by atoms with Gasteiger partial charge >= 0.3 is 0 Å². The first-order chi connectivity index (χ1) is 8.68. The number of rotatable bonds is 5. The van der Waals surface area contributed by atoms with E-state index in [1.54, 1.807) is 0 Å². The fourth-order valence-electron chi connectivity index (χ4n) is 2.89. The van der Waals surface area contributed by atoms with Crippen LogP contribution < -0.4 is 10.6 Å². The van der Waals surface area contributed by atoms with Crippen LogP contribution in [0.1, 0.15) is 33.1 Å². The van der Waals surface area contributed by atoms with Gasteiger partial charge in [-0.2, -0.15) is 0 Å². The SMILES string of the molecule is CC(C)(CNCC1CCCCO1)N1CCNCC1.